The third kappa shape index (κ3) is 3.16. The molecule has 0 bridgehead atoms. The number of likely N-dealkylation sites (N-methyl/N-ethyl adjacent to an activating group) is 1. The molecule has 8 nitrogen and oxygen atoms in total. The third-order valence-electron chi connectivity index (χ3n) is 4.41. The van der Waals surface area contributed by atoms with E-state index in [4.69, 9.17) is 4.52 Å². The highest BCUT2D eigenvalue weighted by Crippen LogP contribution is 2.27. The molecule has 3 heterocycles. The number of amides is 1. The van der Waals surface area contributed by atoms with Gasteiger partial charge in [-0.1, -0.05) is 23.4 Å². The number of aromatic nitrogens is 4. The van der Waals surface area contributed by atoms with E-state index in [0.29, 0.717) is 16.9 Å². The van der Waals surface area contributed by atoms with Crippen LogP contribution in [0, 0.1) is 0 Å². The molecular formula is C20H17N5O3. The zero-order valence-corrected chi connectivity index (χ0v) is 15.4. The highest BCUT2D eigenvalue weighted by molar-refractivity contribution is 5.93. The molecule has 1 amide bonds. The Hall–Kier alpha value is -3.81. The van der Waals surface area contributed by atoms with Crippen molar-refractivity contribution in [3.63, 3.8) is 0 Å². The van der Waals surface area contributed by atoms with Gasteiger partial charge in [0, 0.05) is 43.5 Å². The molecule has 0 saturated carbocycles. The maximum atomic E-state index is 12.8. The molecule has 0 aliphatic rings. The van der Waals surface area contributed by atoms with E-state index in [9.17, 15) is 9.59 Å². The van der Waals surface area contributed by atoms with Crippen LogP contribution in [0.2, 0.25) is 0 Å². The number of rotatable bonds is 4. The van der Waals surface area contributed by atoms with E-state index in [2.05, 4.69) is 15.1 Å². The van der Waals surface area contributed by atoms with E-state index in [-0.39, 0.29) is 23.9 Å². The predicted octanol–water partition coefficient (Wildman–Crippen LogP) is 2.20. The molecule has 28 heavy (non-hydrogen) atoms. The Morgan fingerprint density at radius 2 is 1.89 bits per heavy atom. The van der Waals surface area contributed by atoms with Gasteiger partial charge in [0.1, 0.15) is 6.54 Å². The number of pyridine rings is 2. The molecule has 0 spiro atoms. The smallest absolute Gasteiger partial charge is 0.259 e. The number of hydrogen-bond donors (Lipinski definition) is 0. The second-order valence-corrected chi connectivity index (χ2v) is 6.45. The van der Waals surface area contributed by atoms with Crippen LogP contribution >= 0.6 is 0 Å². The fourth-order valence-corrected chi connectivity index (χ4v) is 2.90. The summed E-state index contributed by atoms with van der Waals surface area (Å²) in [5.41, 5.74) is 1.61. The Bertz CT molecular complexity index is 1210. The minimum atomic E-state index is -0.312. The molecule has 0 saturated heterocycles. The summed E-state index contributed by atoms with van der Waals surface area (Å²) in [6.07, 6.45) is 3.29. The standard InChI is InChI=1S/C20H17N5O3/c1-24(2)18(27)12-25-16-6-4-3-5-14(16)15(11-17(25)26)20-22-19(23-28-20)13-7-9-21-10-8-13/h3-11H,12H2,1-2H3. The van der Waals surface area contributed by atoms with E-state index in [1.807, 2.05) is 18.2 Å². The zero-order chi connectivity index (χ0) is 19.7. The molecule has 1 aromatic carbocycles. The van der Waals surface area contributed by atoms with Crippen LogP contribution in [0.4, 0.5) is 0 Å². The van der Waals surface area contributed by atoms with Crippen LogP contribution < -0.4 is 5.56 Å². The molecule has 3 aromatic heterocycles. The molecule has 0 fully saturated rings. The van der Waals surface area contributed by atoms with E-state index in [0.717, 1.165) is 10.9 Å². The lowest BCUT2D eigenvalue weighted by atomic mass is 10.1. The summed E-state index contributed by atoms with van der Waals surface area (Å²) in [4.78, 5) is 34.8. The molecule has 0 N–H and O–H groups in total. The fraction of sp³-hybridized carbons (Fsp3) is 0.150. The second kappa shape index (κ2) is 7.07. The van der Waals surface area contributed by atoms with Crippen LogP contribution in [-0.4, -0.2) is 44.6 Å². The zero-order valence-electron chi connectivity index (χ0n) is 15.4. The molecule has 0 aliphatic carbocycles. The summed E-state index contributed by atoms with van der Waals surface area (Å²) in [6, 6.07) is 12.3. The number of carbonyl (C=O) groups excluding carboxylic acids is 1. The summed E-state index contributed by atoms with van der Waals surface area (Å²) in [6.45, 7) is -0.0429. The number of para-hydroxylation sites is 1. The van der Waals surface area contributed by atoms with Crippen LogP contribution in [-0.2, 0) is 11.3 Å². The fourth-order valence-electron chi connectivity index (χ4n) is 2.90. The Labute approximate surface area is 160 Å². The van der Waals surface area contributed by atoms with Gasteiger partial charge in [-0.2, -0.15) is 4.98 Å². The Kier molecular flexibility index (Phi) is 4.44. The summed E-state index contributed by atoms with van der Waals surface area (Å²) in [7, 11) is 3.31. The van der Waals surface area contributed by atoms with Gasteiger partial charge in [-0.25, -0.2) is 0 Å². The predicted molar refractivity (Wildman–Crippen MR) is 103 cm³/mol. The molecule has 0 unspecified atom stereocenters. The van der Waals surface area contributed by atoms with Gasteiger partial charge < -0.3 is 9.42 Å². The SMILES string of the molecule is CN(C)C(=O)Cn1c(=O)cc(-c2nc(-c3ccncc3)no2)c2ccccc21. The first-order valence-corrected chi connectivity index (χ1v) is 8.62. The summed E-state index contributed by atoms with van der Waals surface area (Å²) in [5, 5.41) is 4.76. The number of fused-ring (bicyclic) bond motifs is 1. The molecular weight excluding hydrogens is 358 g/mol. The lowest BCUT2D eigenvalue weighted by molar-refractivity contribution is -0.129. The van der Waals surface area contributed by atoms with Crippen molar-refractivity contribution >= 4 is 16.8 Å². The number of hydrogen-bond acceptors (Lipinski definition) is 6. The topological polar surface area (TPSA) is 94.1 Å². The molecule has 0 aliphatic heterocycles. The summed E-state index contributed by atoms with van der Waals surface area (Å²) >= 11 is 0. The van der Waals surface area contributed by atoms with Gasteiger partial charge in [0.15, 0.2) is 0 Å². The monoisotopic (exact) mass is 375 g/mol. The Morgan fingerprint density at radius 3 is 2.64 bits per heavy atom. The summed E-state index contributed by atoms with van der Waals surface area (Å²) in [5.74, 6) is 0.484. The van der Waals surface area contributed by atoms with Gasteiger partial charge in [0.05, 0.1) is 11.1 Å². The maximum Gasteiger partial charge on any atom is 0.259 e. The van der Waals surface area contributed by atoms with Gasteiger partial charge >= 0.3 is 0 Å². The molecule has 4 aromatic rings. The molecule has 0 radical (unpaired) electrons. The van der Waals surface area contributed by atoms with Crippen molar-refractivity contribution in [1.82, 2.24) is 24.6 Å². The lowest BCUT2D eigenvalue weighted by Crippen LogP contribution is -2.31. The average molecular weight is 375 g/mol. The van der Waals surface area contributed by atoms with E-state index < -0.39 is 0 Å². The minimum Gasteiger partial charge on any atom is -0.347 e. The Balaban J connectivity index is 1.85. The highest BCUT2D eigenvalue weighted by Gasteiger charge is 2.18. The van der Waals surface area contributed by atoms with Crippen molar-refractivity contribution in [2.45, 2.75) is 6.54 Å². The molecule has 140 valence electrons. The van der Waals surface area contributed by atoms with Crippen molar-refractivity contribution in [2.75, 3.05) is 14.1 Å². The molecule has 4 rings (SSSR count). The average Bonchev–Trinajstić information content (AvgIpc) is 3.20. The first-order chi connectivity index (χ1) is 13.5. The minimum absolute atomic E-state index is 0.0429. The molecule has 8 heteroatoms. The highest BCUT2D eigenvalue weighted by atomic mass is 16.5. The van der Waals surface area contributed by atoms with Gasteiger partial charge in [-0.05, 0) is 18.2 Å². The molecule has 0 atom stereocenters. The van der Waals surface area contributed by atoms with Gasteiger partial charge in [0.25, 0.3) is 11.4 Å². The second-order valence-electron chi connectivity index (χ2n) is 6.45. The first-order valence-electron chi connectivity index (χ1n) is 8.62. The van der Waals surface area contributed by atoms with Gasteiger partial charge in [-0.3, -0.25) is 19.1 Å². The number of carbonyl (C=O) groups is 1. The van der Waals surface area contributed by atoms with Crippen molar-refractivity contribution < 1.29 is 9.32 Å². The van der Waals surface area contributed by atoms with Crippen molar-refractivity contribution in [3.8, 4) is 22.8 Å². The van der Waals surface area contributed by atoms with Gasteiger partial charge in [0.2, 0.25) is 11.7 Å². The largest absolute Gasteiger partial charge is 0.347 e. The van der Waals surface area contributed by atoms with E-state index in [1.54, 1.807) is 44.7 Å². The normalized spacial score (nSPS) is 10.9. The van der Waals surface area contributed by atoms with E-state index in [1.165, 1.54) is 15.5 Å². The van der Waals surface area contributed by atoms with Crippen LogP contribution in [0.25, 0.3) is 33.7 Å². The number of nitrogens with zero attached hydrogens (tertiary/aromatic N) is 5. The lowest BCUT2D eigenvalue weighted by Gasteiger charge is -2.14. The van der Waals surface area contributed by atoms with Crippen LogP contribution in [0.15, 0.2) is 64.2 Å². The van der Waals surface area contributed by atoms with Crippen LogP contribution in [0.3, 0.4) is 0 Å². The van der Waals surface area contributed by atoms with E-state index >= 15 is 0 Å². The van der Waals surface area contributed by atoms with Crippen molar-refractivity contribution in [2.24, 2.45) is 0 Å². The summed E-state index contributed by atoms with van der Waals surface area (Å²) < 4.78 is 6.87. The van der Waals surface area contributed by atoms with Crippen molar-refractivity contribution in [1.29, 1.82) is 0 Å². The Morgan fingerprint density at radius 1 is 1.14 bits per heavy atom. The maximum absolute atomic E-state index is 12.8. The van der Waals surface area contributed by atoms with Crippen LogP contribution in [0.1, 0.15) is 0 Å². The van der Waals surface area contributed by atoms with Crippen LogP contribution in [0.5, 0.6) is 0 Å². The third-order valence-corrected chi connectivity index (χ3v) is 4.41. The first kappa shape index (κ1) is 17.6. The quantitative estimate of drug-likeness (QED) is 0.543. The van der Waals surface area contributed by atoms with Crippen molar-refractivity contribution in [3.05, 3.63) is 65.2 Å². The van der Waals surface area contributed by atoms with Gasteiger partial charge in [-0.15, -0.1) is 0 Å². The number of benzene rings is 1.